The van der Waals surface area contributed by atoms with Gasteiger partial charge in [0.05, 0.1) is 0 Å². The van der Waals surface area contributed by atoms with Crippen molar-refractivity contribution in [2.75, 3.05) is 17.2 Å². The first-order valence-electron chi connectivity index (χ1n) is 8.89. The zero-order valence-corrected chi connectivity index (χ0v) is 16.6. The van der Waals surface area contributed by atoms with Crippen LogP contribution < -0.4 is 10.6 Å². The first-order valence-corrected chi connectivity index (χ1v) is 9.27. The van der Waals surface area contributed by atoms with Crippen LogP contribution in [0.5, 0.6) is 0 Å². The molecule has 1 aromatic carbocycles. The molecule has 0 bridgehead atoms. The largest absolute Gasteiger partial charge is 0.433 e. The van der Waals surface area contributed by atoms with E-state index in [2.05, 4.69) is 25.6 Å². The standard InChI is InChI=1S/C20H17ClF3N5O/c1-12-14(21)3-2-4-15(12)27-18(30)7-10-26-17-11-16(20(22,23)24)28-19(29-17)13-5-8-25-9-6-13/h2-6,8-9,11H,7,10H2,1H3,(H,27,30)(H,26,28,29). The van der Waals surface area contributed by atoms with Gasteiger partial charge in [0.25, 0.3) is 0 Å². The van der Waals surface area contributed by atoms with Crippen molar-refractivity contribution >= 4 is 29.0 Å². The van der Waals surface area contributed by atoms with Gasteiger partial charge in [-0.15, -0.1) is 0 Å². The lowest BCUT2D eigenvalue weighted by Crippen LogP contribution is -2.18. The lowest BCUT2D eigenvalue weighted by atomic mass is 10.2. The molecule has 0 fully saturated rings. The normalized spacial score (nSPS) is 11.2. The summed E-state index contributed by atoms with van der Waals surface area (Å²) in [5.74, 6) is -0.433. The Kier molecular flexibility index (Phi) is 6.51. The highest BCUT2D eigenvalue weighted by molar-refractivity contribution is 6.31. The number of carbonyl (C=O) groups is 1. The maximum atomic E-state index is 13.2. The molecule has 0 aliphatic rings. The van der Waals surface area contributed by atoms with E-state index in [0.29, 0.717) is 16.3 Å². The minimum Gasteiger partial charge on any atom is -0.369 e. The first kappa shape index (κ1) is 21.5. The fourth-order valence-electron chi connectivity index (χ4n) is 2.57. The molecule has 0 aliphatic carbocycles. The van der Waals surface area contributed by atoms with E-state index in [1.807, 2.05) is 0 Å². The number of pyridine rings is 1. The van der Waals surface area contributed by atoms with Gasteiger partial charge in [-0.1, -0.05) is 17.7 Å². The lowest BCUT2D eigenvalue weighted by Gasteiger charge is -2.12. The monoisotopic (exact) mass is 435 g/mol. The summed E-state index contributed by atoms with van der Waals surface area (Å²) < 4.78 is 39.7. The van der Waals surface area contributed by atoms with Crippen molar-refractivity contribution in [3.8, 4) is 11.4 Å². The minimum atomic E-state index is -4.64. The number of benzene rings is 1. The molecule has 0 saturated carbocycles. The van der Waals surface area contributed by atoms with Crippen molar-refractivity contribution in [2.24, 2.45) is 0 Å². The summed E-state index contributed by atoms with van der Waals surface area (Å²) >= 11 is 6.02. The summed E-state index contributed by atoms with van der Waals surface area (Å²) in [7, 11) is 0. The number of nitrogens with zero attached hydrogens (tertiary/aromatic N) is 3. The summed E-state index contributed by atoms with van der Waals surface area (Å²) in [6, 6.07) is 8.97. The Hall–Kier alpha value is -3.20. The van der Waals surface area contributed by atoms with Gasteiger partial charge < -0.3 is 10.6 Å². The zero-order valence-electron chi connectivity index (χ0n) is 15.8. The highest BCUT2D eigenvalue weighted by atomic mass is 35.5. The van der Waals surface area contributed by atoms with Gasteiger partial charge in [-0.25, -0.2) is 9.97 Å². The van der Waals surface area contributed by atoms with Crippen molar-refractivity contribution in [3.63, 3.8) is 0 Å². The number of nitrogens with one attached hydrogen (secondary N) is 2. The number of halogens is 4. The Balaban J connectivity index is 1.70. The Morgan fingerprint density at radius 3 is 2.57 bits per heavy atom. The van der Waals surface area contributed by atoms with E-state index in [4.69, 9.17) is 11.6 Å². The molecule has 3 aromatic rings. The van der Waals surface area contributed by atoms with E-state index < -0.39 is 11.9 Å². The molecule has 2 heterocycles. The number of aromatic nitrogens is 3. The van der Waals surface area contributed by atoms with E-state index in [1.165, 1.54) is 24.5 Å². The van der Waals surface area contributed by atoms with Crippen LogP contribution in [0, 0.1) is 6.92 Å². The van der Waals surface area contributed by atoms with Gasteiger partial charge in [-0.3, -0.25) is 9.78 Å². The average Bonchev–Trinajstić information content (AvgIpc) is 2.71. The van der Waals surface area contributed by atoms with Crippen molar-refractivity contribution in [1.82, 2.24) is 15.0 Å². The Labute approximate surface area is 175 Å². The summed E-state index contributed by atoms with van der Waals surface area (Å²) in [5.41, 5.74) is 0.626. The predicted octanol–water partition coefficient (Wildman–Crippen LogP) is 4.96. The topological polar surface area (TPSA) is 79.8 Å². The maximum absolute atomic E-state index is 13.2. The van der Waals surface area contributed by atoms with Crippen LogP contribution >= 0.6 is 11.6 Å². The van der Waals surface area contributed by atoms with Gasteiger partial charge in [-0.2, -0.15) is 13.2 Å². The first-order chi connectivity index (χ1) is 14.2. The van der Waals surface area contributed by atoms with E-state index in [9.17, 15) is 18.0 Å². The van der Waals surface area contributed by atoms with Gasteiger partial charge in [0, 0.05) is 47.7 Å². The van der Waals surface area contributed by atoms with Crippen LogP contribution in [0.15, 0.2) is 48.8 Å². The minimum absolute atomic E-state index is 0.0158. The Bertz CT molecular complexity index is 1040. The van der Waals surface area contributed by atoms with Gasteiger partial charge >= 0.3 is 6.18 Å². The van der Waals surface area contributed by atoms with Crippen LogP contribution in [0.25, 0.3) is 11.4 Å². The van der Waals surface area contributed by atoms with Crippen LogP contribution in [0.3, 0.4) is 0 Å². The van der Waals surface area contributed by atoms with Gasteiger partial charge in [0.15, 0.2) is 11.5 Å². The molecule has 0 radical (unpaired) electrons. The molecule has 30 heavy (non-hydrogen) atoms. The molecule has 2 N–H and O–H groups in total. The van der Waals surface area contributed by atoms with E-state index in [1.54, 1.807) is 25.1 Å². The van der Waals surface area contributed by atoms with E-state index >= 15 is 0 Å². The van der Waals surface area contributed by atoms with Crippen LogP contribution in [-0.4, -0.2) is 27.4 Å². The molecule has 0 saturated heterocycles. The summed E-state index contributed by atoms with van der Waals surface area (Å²) in [6.45, 7) is 1.85. The maximum Gasteiger partial charge on any atom is 0.433 e. The smallest absolute Gasteiger partial charge is 0.369 e. The second-order valence-corrected chi connectivity index (χ2v) is 6.74. The molecule has 3 rings (SSSR count). The predicted molar refractivity (Wildman–Crippen MR) is 108 cm³/mol. The second kappa shape index (κ2) is 9.08. The zero-order chi connectivity index (χ0) is 21.7. The molecule has 10 heteroatoms. The van der Waals surface area contributed by atoms with Crippen molar-refractivity contribution in [1.29, 1.82) is 0 Å². The third-order valence-electron chi connectivity index (χ3n) is 4.16. The Morgan fingerprint density at radius 2 is 1.87 bits per heavy atom. The highest BCUT2D eigenvalue weighted by Gasteiger charge is 2.33. The molecular weight excluding hydrogens is 419 g/mol. The lowest BCUT2D eigenvalue weighted by molar-refractivity contribution is -0.141. The van der Waals surface area contributed by atoms with Crippen molar-refractivity contribution in [2.45, 2.75) is 19.5 Å². The van der Waals surface area contributed by atoms with Gasteiger partial charge in [0.2, 0.25) is 5.91 Å². The molecule has 6 nitrogen and oxygen atoms in total. The molecule has 0 spiro atoms. The fourth-order valence-corrected chi connectivity index (χ4v) is 2.75. The summed E-state index contributed by atoms with van der Waals surface area (Å²) in [4.78, 5) is 23.7. The fraction of sp³-hybridized carbons (Fsp3) is 0.200. The molecule has 0 aliphatic heterocycles. The third-order valence-corrected chi connectivity index (χ3v) is 4.56. The number of amides is 1. The van der Waals surface area contributed by atoms with Crippen LogP contribution in [-0.2, 0) is 11.0 Å². The second-order valence-electron chi connectivity index (χ2n) is 6.33. The molecule has 156 valence electrons. The highest BCUT2D eigenvalue weighted by Crippen LogP contribution is 2.30. The quantitative estimate of drug-likeness (QED) is 0.572. The number of hydrogen-bond donors (Lipinski definition) is 2. The molecule has 2 aromatic heterocycles. The third kappa shape index (κ3) is 5.44. The number of hydrogen-bond acceptors (Lipinski definition) is 5. The molecule has 0 unspecified atom stereocenters. The number of anilines is 2. The van der Waals surface area contributed by atoms with E-state index in [0.717, 1.165) is 11.6 Å². The molecule has 1 amide bonds. The van der Waals surface area contributed by atoms with Crippen molar-refractivity contribution < 1.29 is 18.0 Å². The number of rotatable bonds is 6. The van der Waals surface area contributed by atoms with Gasteiger partial charge in [0.1, 0.15) is 5.82 Å². The SMILES string of the molecule is Cc1c(Cl)cccc1NC(=O)CCNc1cc(C(F)(F)F)nc(-c2ccncc2)n1. The van der Waals surface area contributed by atoms with Crippen LogP contribution in [0.2, 0.25) is 5.02 Å². The molecule has 0 atom stereocenters. The number of carbonyl (C=O) groups excluding carboxylic acids is 1. The average molecular weight is 436 g/mol. The van der Waals surface area contributed by atoms with Gasteiger partial charge in [-0.05, 0) is 36.8 Å². The van der Waals surface area contributed by atoms with Crippen LogP contribution in [0.4, 0.5) is 24.7 Å². The van der Waals surface area contributed by atoms with Crippen LogP contribution in [0.1, 0.15) is 17.7 Å². The van der Waals surface area contributed by atoms with Crippen molar-refractivity contribution in [3.05, 3.63) is 65.1 Å². The Morgan fingerprint density at radius 1 is 1.13 bits per heavy atom. The summed E-state index contributed by atoms with van der Waals surface area (Å²) in [6.07, 6.45) is -1.74. The van der Waals surface area contributed by atoms with E-state index in [-0.39, 0.29) is 30.5 Å². The number of alkyl halides is 3. The molecular formula is C20H17ClF3N5O. The summed E-state index contributed by atoms with van der Waals surface area (Å²) in [5, 5.41) is 6.01.